The molecule has 1 fully saturated rings. The highest BCUT2D eigenvalue weighted by Crippen LogP contribution is 2.27. The minimum absolute atomic E-state index is 0.541. The quantitative estimate of drug-likeness (QED) is 0.897. The van der Waals surface area contributed by atoms with Crippen molar-refractivity contribution < 1.29 is 0 Å². The van der Waals surface area contributed by atoms with E-state index < -0.39 is 0 Å². The first-order chi connectivity index (χ1) is 10.8. The monoisotopic (exact) mass is 295 g/mol. The van der Waals surface area contributed by atoms with Crippen molar-refractivity contribution in [1.82, 2.24) is 4.98 Å². The molecule has 0 aliphatic heterocycles. The number of benzene rings is 1. The fourth-order valence-electron chi connectivity index (χ4n) is 3.29. The highest BCUT2D eigenvalue weighted by Gasteiger charge is 2.20. The van der Waals surface area contributed by atoms with E-state index in [-0.39, 0.29) is 0 Å². The van der Waals surface area contributed by atoms with Gasteiger partial charge < -0.3 is 11.1 Å². The molecule has 3 nitrogen and oxygen atoms in total. The molecule has 2 aromatic rings. The van der Waals surface area contributed by atoms with E-state index in [1.165, 1.54) is 42.4 Å². The molecule has 0 spiro atoms. The van der Waals surface area contributed by atoms with Gasteiger partial charge in [0.2, 0.25) is 0 Å². The Labute approximate surface area is 133 Å². The van der Waals surface area contributed by atoms with Gasteiger partial charge in [0.1, 0.15) is 5.82 Å². The van der Waals surface area contributed by atoms with Gasteiger partial charge in [0.25, 0.3) is 0 Å². The summed E-state index contributed by atoms with van der Waals surface area (Å²) in [5.41, 5.74) is 9.47. The summed E-state index contributed by atoms with van der Waals surface area (Å²) >= 11 is 0. The molecule has 0 unspecified atom stereocenters. The Kier molecular flexibility index (Phi) is 4.74. The van der Waals surface area contributed by atoms with Crippen LogP contribution >= 0.6 is 0 Å². The number of nitrogens with two attached hydrogens (primary N) is 1. The van der Waals surface area contributed by atoms with Crippen molar-refractivity contribution in [2.24, 2.45) is 11.7 Å². The summed E-state index contributed by atoms with van der Waals surface area (Å²) in [5, 5.41) is 3.57. The van der Waals surface area contributed by atoms with Crippen LogP contribution in [0.2, 0.25) is 0 Å². The molecule has 3 heteroatoms. The topological polar surface area (TPSA) is 50.9 Å². The van der Waals surface area contributed by atoms with Crippen molar-refractivity contribution >= 4 is 5.82 Å². The van der Waals surface area contributed by atoms with Crippen molar-refractivity contribution in [2.45, 2.75) is 38.6 Å². The molecule has 3 N–H and O–H groups in total. The first-order valence-electron chi connectivity index (χ1n) is 8.25. The second kappa shape index (κ2) is 6.93. The number of anilines is 1. The SMILES string of the molecule is Cc1ccccc1-c1ccc(NC2CCC(CN)CC2)nc1. The fraction of sp³-hybridized carbons (Fsp3) is 0.421. The molecule has 1 aliphatic rings. The maximum absolute atomic E-state index is 5.75. The first-order valence-corrected chi connectivity index (χ1v) is 8.25. The van der Waals surface area contributed by atoms with Crippen LogP contribution in [0.25, 0.3) is 11.1 Å². The lowest BCUT2D eigenvalue weighted by Crippen LogP contribution is -2.29. The molecule has 0 saturated heterocycles. The molecule has 22 heavy (non-hydrogen) atoms. The zero-order valence-electron chi connectivity index (χ0n) is 13.3. The minimum atomic E-state index is 0.541. The number of rotatable bonds is 4. The summed E-state index contributed by atoms with van der Waals surface area (Å²) in [6.07, 6.45) is 6.83. The van der Waals surface area contributed by atoms with Crippen molar-refractivity contribution in [3.05, 3.63) is 48.2 Å². The zero-order valence-corrected chi connectivity index (χ0v) is 13.3. The Morgan fingerprint density at radius 3 is 2.50 bits per heavy atom. The van der Waals surface area contributed by atoms with Gasteiger partial charge in [0.05, 0.1) is 0 Å². The Bertz CT molecular complexity index is 598. The van der Waals surface area contributed by atoms with Gasteiger partial charge in [0, 0.05) is 17.8 Å². The van der Waals surface area contributed by atoms with Crippen molar-refractivity contribution in [3.8, 4) is 11.1 Å². The van der Waals surface area contributed by atoms with E-state index in [1.54, 1.807) is 0 Å². The number of nitrogens with one attached hydrogen (secondary N) is 1. The Morgan fingerprint density at radius 1 is 1.09 bits per heavy atom. The highest BCUT2D eigenvalue weighted by molar-refractivity contribution is 5.67. The summed E-state index contributed by atoms with van der Waals surface area (Å²) in [4.78, 5) is 4.59. The largest absolute Gasteiger partial charge is 0.367 e. The summed E-state index contributed by atoms with van der Waals surface area (Å²) < 4.78 is 0. The number of nitrogens with zero attached hydrogens (tertiary/aromatic N) is 1. The van der Waals surface area contributed by atoms with E-state index in [4.69, 9.17) is 5.73 Å². The molecular weight excluding hydrogens is 270 g/mol. The predicted molar refractivity (Wildman–Crippen MR) is 92.8 cm³/mol. The molecule has 1 aliphatic carbocycles. The number of pyridine rings is 1. The molecule has 0 bridgehead atoms. The first kappa shape index (κ1) is 15.0. The lowest BCUT2D eigenvalue weighted by molar-refractivity contribution is 0.344. The number of aryl methyl sites for hydroxylation is 1. The molecule has 3 rings (SSSR count). The third-order valence-corrected chi connectivity index (χ3v) is 4.75. The van der Waals surface area contributed by atoms with E-state index in [9.17, 15) is 0 Å². The van der Waals surface area contributed by atoms with E-state index in [0.717, 1.165) is 18.3 Å². The second-order valence-corrected chi connectivity index (χ2v) is 6.34. The van der Waals surface area contributed by atoms with Crippen LogP contribution in [-0.2, 0) is 0 Å². The van der Waals surface area contributed by atoms with Crippen LogP contribution < -0.4 is 11.1 Å². The molecule has 116 valence electrons. The molecule has 0 amide bonds. The summed E-state index contributed by atoms with van der Waals surface area (Å²) in [6, 6.07) is 13.2. The molecule has 0 radical (unpaired) electrons. The van der Waals surface area contributed by atoms with Gasteiger partial charge in [-0.2, -0.15) is 0 Å². The van der Waals surface area contributed by atoms with Gasteiger partial charge in [-0.05, 0) is 68.3 Å². The average molecular weight is 295 g/mol. The van der Waals surface area contributed by atoms with Crippen molar-refractivity contribution in [2.75, 3.05) is 11.9 Å². The third kappa shape index (κ3) is 3.47. The van der Waals surface area contributed by atoms with E-state index >= 15 is 0 Å². The Hall–Kier alpha value is -1.87. The fourth-order valence-corrected chi connectivity index (χ4v) is 3.29. The minimum Gasteiger partial charge on any atom is -0.367 e. The Balaban J connectivity index is 1.64. The summed E-state index contributed by atoms with van der Waals surface area (Å²) in [7, 11) is 0. The van der Waals surface area contributed by atoms with Gasteiger partial charge in [-0.3, -0.25) is 0 Å². The van der Waals surface area contributed by atoms with Crippen LogP contribution in [0.15, 0.2) is 42.6 Å². The zero-order chi connectivity index (χ0) is 15.4. The lowest BCUT2D eigenvalue weighted by atomic mass is 9.86. The molecule has 1 heterocycles. The maximum Gasteiger partial charge on any atom is 0.126 e. The van der Waals surface area contributed by atoms with Crippen LogP contribution in [0.5, 0.6) is 0 Å². The smallest absolute Gasteiger partial charge is 0.126 e. The van der Waals surface area contributed by atoms with Gasteiger partial charge in [-0.15, -0.1) is 0 Å². The van der Waals surface area contributed by atoms with E-state index in [2.05, 4.69) is 53.6 Å². The van der Waals surface area contributed by atoms with Crippen LogP contribution in [0.1, 0.15) is 31.2 Å². The lowest BCUT2D eigenvalue weighted by Gasteiger charge is -2.28. The van der Waals surface area contributed by atoms with Crippen LogP contribution in [0.4, 0.5) is 5.82 Å². The molecule has 1 aromatic carbocycles. The van der Waals surface area contributed by atoms with Crippen molar-refractivity contribution in [3.63, 3.8) is 0 Å². The van der Waals surface area contributed by atoms with Gasteiger partial charge in [-0.1, -0.05) is 24.3 Å². The predicted octanol–water partition coefficient (Wildman–Crippen LogP) is 3.99. The molecule has 0 atom stereocenters. The number of aromatic nitrogens is 1. The summed E-state index contributed by atoms with van der Waals surface area (Å²) in [6.45, 7) is 2.97. The number of hydrogen-bond donors (Lipinski definition) is 2. The number of hydrogen-bond acceptors (Lipinski definition) is 3. The van der Waals surface area contributed by atoms with Crippen molar-refractivity contribution in [1.29, 1.82) is 0 Å². The van der Waals surface area contributed by atoms with Gasteiger partial charge in [0.15, 0.2) is 0 Å². The van der Waals surface area contributed by atoms with Crippen LogP contribution in [0.3, 0.4) is 0 Å². The molecular formula is C19H25N3. The third-order valence-electron chi connectivity index (χ3n) is 4.75. The molecule has 1 aromatic heterocycles. The summed E-state index contributed by atoms with van der Waals surface area (Å²) in [5.74, 6) is 1.70. The standard InChI is InChI=1S/C19H25N3/c1-14-4-2-3-5-18(14)16-8-11-19(21-13-16)22-17-9-6-15(12-20)7-10-17/h2-5,8,11,13,15,17H,6-7,9-10,12,20H2,1H3,(H,21,22). The van der Waals surface area contributed by atoms with Gasteiger partial charge in [-0.25, -0.2) is 4.98 Å². The Morgan fingerprint density at radius 2 is 1.86 bits per heavy atom. The van der Waals surface area contributed by atoms with Gasteiger partial charge >= 0.3 is 0 Å². The van der Waals surface area contributed by atoms with E-state index in [1.807, 2.05) is 6.20 Å². The maximum atomic E-state index is 5.75. The van der Waals surface area contributed by atoms with Crippen LogP contribution in [0, 0.1) is 12.8 Å². The molecule has 1 saturated carbocycles. The van der Waals surface area contributed by atoms with Crippen LogP contribution in [-0.4, -0.2) is 17.6 Å². The highest BCUT2D eigenvalue weighted by atomic mass is 15.0. The average Bonchev–Trinajstić information content (AvgIpc) is 2.57. The normalized spacial score (nSPS) is 21.5. The van der Waals surface area contributed by atoms with E-state index in [0.29, 0.717) is 6.04 Å². The second-order valence-electron chi connectivity index (χ2n) is 6.34.